The van der Waals surface area contributed by atoms with Gasteiger partial charge in [0, 0.05) is 7.05 Å². The highest BCUT2D eigenvalue weighted by Gasteiger charge is 2.31. The number of carbonyl (C=O) groups excluding carboxylic acids is 2. The molecule has 0 aromatic heterocycles. The first-order valence-corrected chi connectivity index (χ1v) is 4.91. The molecule has 0 radical (unpaired) electrons. The summed E-state index contributed by atoms with van der Waals surface area (Å²) < 4.78 is 0. The van der Waals surface area contributed by atoms with Crippen molar-refractivity contribution in [2.24, 2.45) is 0 Å². The van der Waals surface area contributed by atoms with Gasteiger partial charge in [-0.25, -0.2) is 0 Å². The van der Waals surface area contributed by atoms with Gasteiger partial charge >= 0.3 is 0 Å². The van der Waals surface area contributed by atoms with E-state index in [0.29, 0.717) is 5.56 Å². The Labute approximate surface area is 92.7 Å². The normalized spacial score (nSPS) is 20.8. The van der Waals surface area contributed by atoms with E-state index in [4.69, 9.17) is 5.11 Å². The molecule has 1 aliphatic rings. The number of likely N-dealkylation sites (N-methyl/N-ethyl adjacent to an activating group) is 1. The molecule has 0 saturated carbocycles. The lowest BCUT2D eigenvalue weighted by atomic mass is 10.0. The number of piperazine rings is 1. The van der Waals surface area contributed by atoms with E-state index in [1.54, 1.807) is 19.2 Å². The van der Waals surface area contributed by atoms with E-state index in [1.165, 1.54) is 17.0 Å². The summed E-state index contributed by atoms with van der Waals surface area (Å²) in [5.74, 6) is -0.197. The van der Waals surface area contributed by atoms with Gasteiger partial charge in [-0.1, -0.05) is 12.1 Å². The molecule has 0 bridgehead atoms. The first kappa shape index (κ1) is 10.5. The molecule has 1 saturated heterocycles. The summed E-state index contributed by atoms with van der Waals surface area (Å²) in [5.41, 5.74) is 0.669. The van der Waals surface area contributed by atoms with Crippen molar-refractivity contribution in [2.75, 3.05) is 13.6 Å². The van der Waals surface area contributed by atoms with Crippen LogP contribution in [0.15, 0.2) is 24.3 Å². The quantitative estimate of drug-likeness (QED) is 0.701. The SMILES string of the molecule is CN1CC(=O)NC(c2ccc(O)cc2)C1=O. The van der Waals surface area contributed by atoms with E-state index in [-0.39, 0.29) is 24.1 Å². The molecule has 5 nitrogen and oxygen atoms in total. The molecular weight excluding hydrogens is 208 g/mol. The van der Waals surface area contributed by atoms with Crippen LogP contribution in [0.5, 0.6) is 5.75 Å². The Morgan fingerprint density at radius 1 is 1.31 bits per heavy atom. The van der Waals surface area contributed by atoms with Crippen LogP contribution < -0.4 is 5.32 Å². The lowest BCUT2D eigenvalue weighted by molar-refractivity contribution is -0.143. The average Bonchev–Trinajstić information content (AvgIpc) is 2.25. The zero-order valence-electron chi connectivity index (χ0n) is 8.80. The summed E-state index contributed by atoms with van der Waals surface area (Å²) in [7, 11) is 1.59. The largest absolute Gasteiger partial charge is 0.508 e. The maximum atomic E-state index is 11.8. The second-order valence-electron chi connectivity index (χ2n) is 3.79. The molecule has 5 heteroatoms. The van der Waals surface area contributed by atoms with Gasteiger partial charge in [-0.3, -0.25) is 9.59 Å². The predicted octanol–water partition coefficient (Wildman–Crippen LogP) is 0.0215. The van der Waals surface area contributed by atoms with Crippen LogP contribution in [0, 0.1) is 0 Å². The minimum absolute atomic E-state index is 0.0907. The van der Waals surface area contributed by atoms with Crippen molar-refractivity contribution >= 4 is 11.8 Å². The van der Waals surface area contributed by atoms with Gasteiger partial charge in [0.05, 0.1) is 6.54 Å². The zero-order chi connectivity index (χ0) is 11.7. The second kappa shape index (κ2) is 3.84. The van der Waals surface area contributed by atoms with Crippen molar-refractivity contribution in [3.8, 4) is 5.75 Å². The molecule has 2 N–H and O–H groups in total. The van der Waals surface area contributed by atoms with Gasteiger partial charge in [0.1, 0.15) is 11.8 Å². The van der Waals surface area contributed by atoms with Crippen LogP contribution in [-0.4, -0.2) is 35.4 Å². The second-order valence-corrected chi connectivity index (χ2v) is 3.79. The van der Waals surface area contributed by atoms with E-state index >= 15 is 0 Å². The minimum Gasteiger partial charge on any atom is -0.508 e. The van der Waals surface area contributed by atoms with Crippen molar-refractivity contribution in [2.45, 2.75) is 6.04 Å². The number of rotatable bonds is 1. The fourth-order valence-electron chi connectivity index (χ4n) is 1.67. The number of aromatic hydroxyl groups is 1. The third-order valence-corrected chi connectivity index (χ3v) is 2.54. The number of nitrogens with one attached hydrogen (secondary N) is 1. The third kappa shape index (κ3) is 1.84. The molecule has 0 spiro atoms. The summed E-state index contributed by atoms with van der Waals surface area (Å²) in [6, 6.07) is 5.58. The number of carbonyl (C=O) groups is 2. The van der Waals surface area contributed by atoms with Crippen molar-refractivity contribution in [1.29, 1.82) is 0 Å². The standard InChI is InChI=1S/C11H12N2O3/c1-13-6-9(15)12-10(11(13)16)7-2-4-8(14)5-3-7/h2-5,10,14H,6H2,1H3,(H,12,15). The molecule has 1 heterocycles. The van der Waals surface area contributed by atoms with Gasteiger partial charge in [-0.15, -0.1) is 0 Å². The molecule has 2 amide bonds. The molecule has 1 atom stereocenters. The first-order valence-electron chi connectivity index (χ1n) is 4.91. The number of phenolic OH excluding ortho intramolecular Hbond substituents is 1. The number of nitrogens with zero attached hydrogens (tertiary/aromatic N) is 1. The summed E-state index contributed by atoms with van der Waals surface area (Å²) in [6.07, 6.45) is 0. The monoisotopic (exact) mass is 220 g/mol. The highest BCUT2D eigenvalue weighted by atomic mass is 16.3. The Bertz CT molecular complexity index is 427. The van der Waals surface area contributed by atoms with Gasteiger partial charge in [0.15, 0.2) is 0 Å². The highest BCUT2D eigenvalue weighted by Crippen LogP contribution is 2.20. The maximum absolute atomic E-state index is 11.8. The molecular formula is C11H12N2O3. The van der Waals surface area contributed by atoms with Gasteiger partial charge in [-0.2, -0.15) is 0 Å². The van der Waals surface area contributed by atoms with Crippen molar-refractivity contribution in [3.63, 3.8) is 0 Å². The Kier molecular flexibility index (Phi) is 2.52. The van der Waals surface area contributed by atoms with Gasteiger partial charge in [0.2, 0.25) is 11.8 Å². The Hall–Kier alpha value is -2.04. The van der Waals surface area contributed by atoms with Crippen molar-refractivity contribution in [3.05, 3.63) is 29.8 Å². The smallest absolute Gasteiger partial charge is 0.250 e. The molecule has 0 aliphatic carbocycles. The lowest BCUT2D eigenvalue weighted by Crippen LogP contribution is -2.51. The van der Waals surface area contributed by atoms with E-state index in [1.807, 2.05) is 0 Å². The first-order chi connectivity index (χ1) is 7.58. The van der Waals surface area contributed by atoms with E-state index in [9.17, 15) is 9.59 Å². The van der Waals surface area contributed by atoms with E-state index in [2.05, 4.69) is 5.32 Å². The molecule has 1 aromatic rings. The number of hydrogen-bond donors (Lipinski definition) is 2. The maximum Gasteiger partial charge on any atom is 0.250 e. The summed E-state index contributed by atoms with van der Waals surface area (Å²) in [4.78, 5) is 24.5. The minimum atomic E-state index is -0.646. The van der Waals surface area contributed by atoms with E-state index in [0.717, 1.165) is 0 Å². The average molecular weight is 220 g/mol. The van der Waals surface area contributed by atoms with Crippen LogP contribution in [0.25, 0.3) is 0 Å². The highest BCUT2D eigenvalue weighted by molar-refractivity contribution is 5.95. The third-order valence-electron chi connectivity index (χ3n) is 2.54. The zero-order valence-corrected chi connectivity index (χ0v) is 8.80. The molecule has 1 fully saturated rings. The van der Waals surface area contributed by atoms with Crippen LogP contribution in [0.1, 0.15) is 11.6 Å². The molecule has 1 aromatic carbocycles. The van der Waals surface area contributed by atoms with Crippen molar-refractivity contribution < 1.29 is 14.7 Å². The summed E-state index contributed by atoms with van der Waals surface area (Å²) in [6.45, 7) is 0.0907. The predicted molar refractivity (Wildman–Crippen MR) is 56.6 cm³/mol. The Morgan fingerprint density at radius 3 is 2.56 bits per heavy atom. The number of phenols is 1. The fourth-order valence-corrected chi connectivity index (χ4v) is 1.67. The molecule has 1 aliphatic heterocycles. The molecule has 1 unspecified atom stereocenters. The van der Waals surface area contributed by atoms with Crippen molar-refractivity contribution in [1.82, 2.24) is 10.2 Å². The van der Waals surface area contributed by atoms with Crippen LogP contribution in [0.4, 0.5) is 0 Å². The van der Waals surface area contributed by atoms with Crippen LogP contribution in [0.2, 0.25) is 0 Å². The number of benzene rings is 1. The summed E-state index contributed by atoms with van der Waals surface area (Å²) >= 11 is 0. The fraction of sp³-hybridized carbons (Fsp3) is 0.273. The Balaban J connectivity index is 2.28. The van der Waals surface area contributed by atoms with Crippen LogP contribution in [-0.2, 0) is 9.59 Å². The van der Waals surface area contributed by atoms with Gasteiger partial charge < -0.3 is 15.3 Å². The van der Waals surface area contributed by atoms with Crippen LogP contribution >= 0.6 is 0 Å². The summed E-state index contributed by atoms with van der Waals surface area (Å²) in [5, 5.41) is 11.8. The molecule has 2 rings (SSSR count). The number of hydrogen-bond acceptors (Lipinski definition) is 3. The molecule has 16 heavy (non-hydrogen) atoms. The number of amides is 2. The Morgan fingerprint density at radius 2 is 1.94 bits per heavy atom. The van der Waals surface area contributed by atoms with Gasteiger partial charge in [0.25, 0.3) is 0 Å². The van der Waals surface area contributed by atoms with Crippen LogP contribution in [0.3, 0.4) is 0 Å². The topological polar surface area (TPSA) is 69.6 Å². The van der Waals surface area contributed by atoms with E-state index < -0.39 is 6.04 Å². The molecule has 84 valence electrons. The lowest BCUT2D eigenvalue weighted by Gasteiger charge is -2.29. The van der Waals surface area contributed by atoms with Gasteiger partial charge in [-0.05, 0) is 17.7 Å².